The summed E-state index contributed by atoms with van der Waals surface area (Å²) >= 11 is 0. The zero-order valence-electron chi connectivity index (χ0n) is 20.6. The van der Waals surface area contributed by atoms with Crippen molar-refractivity contribution in [3.63, 3.8) is 0 Å². The summed E-state index contributed by atoms with van der Waals surface area (Å²) in [5.74, 6) is 0.136. The summed E-state index contributed by atoms with van der Waals surface area (Å²) in [6.45, 7) is 10.2. The van der Waals surface area contributed by atoms with E-state index in [0.717, 1.165) is 38.3 Å². The number of ether oxygens (including phenoxy) is 1. The normalized spacial score (nSPS) is 15.7. The lowest BCUT2D eigenvalue weighted by Crippen LogP contribution is -2.30. The van der Waals surface area contributed by atoms with Crippen LogP contribution in [0.15, 0.2) is 42.7 Å². The van der Waals surface area contributed by atoms with E-state index >= 15 is 0 Å². The number of morpholine rings is 1. The van der Waals surface area contributed by atoms with Gasteiger partial charge in [-0.3, -0.25) is 0 Å². The first-order chi connectivity index (χ1) is 16.5. The number of nitrogen functional groups attached to an aromatic ring is 1. The molecule has 0 bridgehead atoms. The minimum Gasteiger partial charge on any atom is -0.383 e. The highest BCUT2D eigenvalue weighted by Crippen LogP contribution is 2.27. The third-order valence-electron chi connectivity index (χ3n) is 5.60. The van der Waals surface area contributed by atoms with Crippen molar-refractivity contribution >= 4 is 16.7 Å². The number of benzene rings is 2. The van der Waals surface area contributed by atoms with Crippen LogP contribution in [-0.4, -0.2) is 36.3 Å². The van der Waals surface area contributed by atoms with Gasteiger partial charge in [0, 0.05) is 24.5 Å². The van der Waals surface area contributed by atoms with Gasteiger partial charge in [0.15, 0.2) is 0 Å². The highest BCUT2D eigenvalue weighted by atomic mass is 19.1. The largest absolute Gasteiger partial charge is 0.383 e. The molecule has 2 aromatic carbocycles. The van der Waals surface area contributed by atoms with E-state index in [-0.39, 0.29) is 0 Å². The lowest BCUT2D eigenvalue weighted by Gasteiger charge is -2.15. The second-order valence-corrected chi connectivity index (χ2v) is 8.25. The molecular weight excluding hydrogens is 434 g/mol. The first-order valence-corrected chi connectivity index (χ1v) is 12.3. The summed E-state index contributed by atoms with van der Waals surface area (Å²) < 4.78 is 31.4. The lowest BCUT2D eigenvalue weighted by molar-refractivity contribution is 0.109. The van der Waals surface area contributed by atoms with Crippen LogP contribution in [-0.2, 0) is 4.74 Å². The highest BCUT2D eigenvalue weighted by molar-refractivity contribution is 5.91. The Hall–Kier alpha value is -2.64. The number of nitrogens with two attached hydrogens (primary N) is 1. The van der Waals surface area contributed by atoms with Crippen molar-refractivity contribution in [2.24, 2.45) is 5.92 Å². The number of anilines is 1. The summed E-state index contributed by atoms with van der Waals surface area (Å²) in [6, 6.07) is 8.57. The Kier molecular flexibility index (Phi) is 12.4. The predicted octanol–water partition coefficient (Wildman–Crippen LogP) is 6.38. The molecule has 2 fully saturated rings. The molecule has 0 amide bonds. The van der Waals surface area contributed by atoms with Gasteiger partial charge >= 0.3 is 0 Å². The SMILES string of the molecule is C1COCCN1.CC.CC1CCCCC1.Nc1ncnc2ccc(-c3cc(F)cc(F)c3)cc12. The maximum atomic E-state index is 13.2. The van der Waals surface area contributed by atoms with Crippen LogP contribution in [0.4, 0.5) is 14.6 Å². The van der Waals surface area contributed by atoms with E-state index in [9.17, 15) is 8.78 Å². The van der Waals surface area contributed by atoms with E-state index in [1.54, 1.807) is 18.2 Å². The van der Waals surface area contributed by atoms with Crippen LogP contribution in [0.3, 0.4) is 0 Å². The molecule has 0 unspecified atom stereocenters. The summed E-state index contributed by atoms with van der Waals surface area (Å²) in [5, 5.41) is 3.82. The molecule has 0 radical (unpaired) electrons. The predicted molar refractivity (Wildman–Crippen MR) is 137 cm³/mol. The Bertz CT molecular complexity index is 958. The van der Waals surface area contributed by atoms with Gasteiger partial charge in [0.1, 0.15) is 23.8 Å². The van der Waals surface area contributed by atoms with Gasteiger partial charge in [-0.2, -0.15) is 0 Å². The molecular formula is C27H38F2N4O. The molecule has 3 N–H and O–H groups in total. The Balaban J connectivity index is 0.000000222. The average Bonchev–Trinajstić information content (AvgIpc) is 2.87. The zero-order chi connectivity index (χ0) is 24.8. The Labute approximate surface area is 202 Å². The molecule has 7 heteroatoms. The van der Waals surface area contributed by atoms with Crippen LogP contribution < -0.4 is 11.1 Å². The minimum absolute atomic E-state index is 0.337. The first kappa shape index (κ1) is 27.6. The monoisotopic (exact) mass is 472 g/mol. The second kappa shape index (κ2) is 15.3. The Morgan fingerprint density at radius 2 is 1.53 bits per heavy atom. The van der Waals surface area contributed by atoms with E-state index in [1.807, 2.05) is 13.8 Å². The van der Waals surface area contributed by atoms with E-state index in [2.05, 4.69) is 22.2 Å². The number of halogens is 2. The standard InChI is InChI=1S/C14H9F2N3.C7H14.C4H9NO.C2H6/c15-10-3-9(4-11(16)6-10)8-1-2-13-12(5-8)14(17)19-7-18-13;1-7-5-3-2-4-6-7;1-3-6-4-2-5-1;1-2/h1-7H,(H2,17,18,19);7H,2-6H2,1H3;5H,1-4H2;1-2H3. The number of hydrogen-bond donors (Lipinski definition) is 2. The first-order valence-electron chi connectivity index (χ1n) is 12.3. The quantitative estimate of drug-likeness (QED) is 0.430. The van der Waals surface area contributed by atoms with Crippen molar-refractivity contribution in [1.29, 1.82) is 0 Å². The molecule has 5 nitrogen and oxygen atoms in total. The average molecular weight is 473 g/mol. The summed E-state index contributed by atoms with van der Waals surface area (Å²) in [7, 11) is 0. The smallest absolute Gasteiger partial charge is 0.134 e. The van der Waals surface area contributed by atoms with Crippen molar-refractivity contribution in [3.8, 4) is 11.1 Å². The molecule has 1 saturated heterocycles. The molecule has 1 aliphatic carbocycles. The van der Waals surface area contributed by atoms with Crippen LogP contribution in [0, 0.1) is 17.6 Å². The van der Waals surface area contributed by atoms with Crippen molar-refractivity contribution in [1.82, 2.24) is 15.3 Å². The fourth-order valence-corrected chi connectivity index (χ4v) is 3.80. The number of nitrogens with one attached hydrogen (secondary N) is 1. The molecule has 2 aliphatic rings. The third-order valence-corrected chi connectivity index (χ3v) is 5.60. The maximum absolute atomic E-state index is 13.2. The van der Waals surface area contributed by atoms with Gasteiger partial charge in [0.25, 0.3) is 0 Å². The van der Waals surface area contributed by atoms with Gasteiger partial charge in [0.2, 0.25) is 0 Å². The Morgan fingerprint density at radius 3 is 2.03 bits per heavy atom. The van der Waals surface area contributed by atoms with Crippen molar-refractivity contribution in [3.05, 3.63) is 54.4 Å². The summed E-state index contributed by atoms with van der Waals surface area (Å²) in [6.07, 6.45) is 8.81. The molecule has 1 saturated carbocycles. The van der Waals surface area contributed by atoms with Crippen LogP contribution >= 0.6 is 0 Å². The molecule has 0 atom stereocenters. The van der Waals surface area contributed by atoms with E-state index in [4.69, 9.17) is 10.5 Å². The molecule has 3 aromatic rings. The number of nitrogens with zero attached hydrogens (tertiary/aromatic N) is 2. The third kappa shape index (κ3) is 9.31. The fourth-order valence-electron chi connectivity index (χ4n) is 3.80. The fraction of sp³-hybridized carbons (Fsp3) is 0.481. The van der Waals surface area contributed by atoms with Crippen molar-refractivity contribution < 1.29 is 13.5 Å². The summed E-state index contributed by atoms with van der Waals surface area (Å²) in [5.41, 5.74) is 7.56. The second-order valence-electron chi connectivity index (χ2n) is 8.25. The van der Waals surface area contributed by atoms with E-state index in [1.165, 1.54) is 50.6 Å². The van der Waals surface area contributed by atoms with E-state index in [0.29, 0.717) is 27.8 Å². The van der Waals surface area contributed by atoms with Gasteiger partial charge in [-0.25, -0.2) is 18.7 Å². The lowest BCUT2D eigenvalue weighted by atomic mass is 9.91. The van der Waals surface area contributed by atoms with Gasteiger partial charge in [-0.05, 0) is 41.3 Å². The van der Waals surface area contributed by atoms with E-state index < -0.39 is 11.6 Å². The van der Waals surface area contributed by atoms with Crippen LogP contribution in [0.1, 0.15) is 52.9 Å². The van der Waals surface area contributed by atoms with Gasteiger partial charge in [0.05, 0.1) is 18.7 Å². The van der Waals surface area contributed by atoms with Crippen LogP contribution in [0.5, 0.6) is 0 Å². The maximum Gasteiger partial charge on any atom is 0.134 e. The molecule has 34 heavy (non-hydrogen) atoms. The van der Waals surface area contributed by atoms with Gasteiger partial charge in [-0.1, -0.05) is 58.9 Å². The minimum atomic E-state index is -0.618. The van der Waals surface area contributed by atoms with Gasteiger partial charge in [-0.15, -0.1) is 0 Å². The summed E-state index contributed by atoms with van der Waals surface area (Å²) in [4.78, 5) is 7.97. The number of hydrogen-bond acceptors (Lipinski definition) is 5. The molecule has 1 aliphatic heterocycles. The van der Waals surface area contributed by atoms with Crippen LogP contribution in [0.2, 0.25) is 0 Å². The highest BCUT2D eigenvalue weighted by Gasteiger charge is 2.07. The molecule has 2 heterocycles. The number of aromatic nitrogens is 2. The van der Waals surface area contributed by atoms with Gasteiger partial charge < -0.3 is 15.8 Å². The molecule has 0 spiro atoms. The Morgan fingerprint density at radius 1 is 0.882 bits per heavy atom. The number of rotatable bonds is 1. The van der Waals surface area contributed by atoms with Crippen molar-refractivity contribution in [2.45, 2.75) is 52.9 Å². The molecule has 186 valence electrons. The zero-order valence-corrected chi connectivity index (χ0v) is 20.6. The molecule has 1 aromatic heterocycles. The van der Waals surface area contributed by atoms with Crippen LogP contribution in [0.25, 0.3) is 22.0 Å². The number of fused-ring (bicyclic) bond motifs is 1. The molecule has 5 rings (SSSR count). The topological polar surface area (TPSA) is 73.1 Å². The van der Waals surface area contributed by atoms with Crippen molar-refractivity contribution in [2.75, 3.05) is 32.0 Å².